The van der Waals surface area contributed by atoms with Crippen LogP contribution in [0.25, 0.3) is 0 Å². The molecule has 0 unspecified atom stereocenters. The molecule has 1 amide bonds. The van der Waals surface area contributed by atoms with E-state index in [-0.39, 0.29) is 12.3 Å². The molecule has 6 heteroatoms. The first-order valence-electron chi connectivity index (χ1n) is 8.72. The van der Waals surface area contributed by atoms with Crippen molar-refractivity contribution in [1.29, 1.82) is 0 Å². The van der Waals surface area contributed by atoms with Crippen molar-refractivity contribution in [1.82, 2.24) is 5.32 Å². The summed E-state index contributed by atoms with van der Waals surface area (Å²) in [6.07, 6.45) is 5.44. The second kappa shape index (κ2) is 8.73. The number of benzene rings is 2. The van der Waals surface area contributed by atoms with Crippen LogP contribution in [0.4, 0.5) is 0 Å². The SMILES string of the molecule is O=C1N[C@H](C(=O)O)Cc2ccc(c(Cl)c2)OC/C=C/CCc2ccccc21. The molecule has 4 rings (SSSR count). The number of carboxylic acid groups (broad SMARTS) is 1. The average Bonchev–Trinajstić information content (AvgIpc) is 2.64. The second-order valence-electron chi connectivity index (χ2n) is 6.31. The Hall–Kier alpha value is -2.79. The summed E-state index contributed by atoms with van der Waals surface area (Å²) in [6.45, 7) is 0.388. The van der Waals surface area contributed by atoms with Gasteiger partial charge in [-0.05, 0) is 42.2 Å². The maximum absolute atomic E-state index is 12.7. The number of carbonyl (C=O) groups is 2. The number of nitrogens with one attached hydrogen (secondary N) is 1. The van der Waals surface area contributed by atoms with Gasteiger partial charge in [0.15, 0.2) is 0 Å². The Kier molecular flexibility index (Phi) is 6.14. The van der Waals surface area contributed by atoms with Gasteiger partial charge in [0, 0.05) is 12.0 Å². The molecule has 140 valence electrons. The quantitative estimate of drug-likeness (QED) is 0.735. The van der Waals surface area contributed by atoms with Gasteiger partial charge >= 0.3 is 5.97 Å². The Labute approximate surface area is 162 Å². The van der Waals surface area contributed by atoms with Gasteiger partial charge in [-0.2, -0.15) is 0 Å². The number of carboxylic acids is 1. The zero-order valence-corrected chi connectivity index (χ0v) is 15.4. The molecule has 2 aliphatic rings. The number of aryl methyl sites for hydroxylation is 1. The Balaban J connectivity index is 1.94. The standard InChI is InChI=1S/C21H20ClNO4/c22-17-12-14-9-10-19(17)27-11-5-1-2-6-15-7-3-4-8-16(15)20(24)23-18(13-14)21(25)26/h1,3-5,7-10,12,18H,2,6,11,13H2,(H,23,24)(H,25,26)/b5-1+/t18-/m0/s1. The predicted octanol–water partition coefficient (Wildman–Crippen LogP) is 3.65. The minimum absolute atomic E-state index is 0.128. The predicted molar refractivity (Wildman–Crippen MR) is 103 cm³/mol. The van der Waals surface area contributed by atoms with E-state index in [1.54, 1.807) is 30.3 Å². The average molecular weight is 386 g/mol. The monoisotopic (exact) mass is 385 g/mol. The first kappa shape index (κ1) is 19.0. The van der Waals surface area contributed by atoms with Crippen molar-refractivity contribution < 1.29 is 19.4 Å². The van der Waals surface area contributed by atoms with Crippen LogP contribution < -0.4 is 10.1 Å². The Morgan fingerprint density at radius 3 is 2.78 bits per heavy atom. The lowest BCUT2D eigenvalue weighted by atomic mass is 10.0. The van der Waals surface area contributed by atoms with Gasteiger partial charge in [0.05, 0.1) is 5.02 Å². The highest BCUT2D eigenvalue weighted by molar-refractivity contribution is 6.32. The molecule has 0 saturated carbocycles. The number of rotatable bonds is 1. The van der Waals surface area contributed by atoms with Crippen LogP contribution in [0.2, 0.25) is 5.02 Å². The number of hydrogen-bond acceptors (Lipinski definition) is 3. The molecule has 0 aromatic heterocycles. The molecule has 0 spiro atoms. The van der Waals surface area contributed by atoms with Crippen LogP contribution in [0.15, 0.2) is 54.6 Å². The topological polar surface area (TPSA) is 75.6 Å². The number of amides is 1. The number of ether oxygens (including phenoxy) is 1. The molecule has 2 N–H and O–H groups in total. The minimum atomic E-state index is -1.10. The summed E-state index contributed by atoms with van der Waals surface area (Å²) in [4.78, 5) is 24.4. The van der Waals surface area contributed by atoms with E-state index >= 15 is 0 Å². The summed E-state index contributed by atoms with van der Waals surface area (Å²) in [7, 11) is 0. The smallest absolute Gasteiger partial charge is 0.326 e. The van der Waals surface area contributed by atoms with E-state index in [1.807, 2.05) is 24.3 Å². The van der Waals surface area contributed by atoms with Crippen LogP contribution in [0, 0.1) is 0 Å². The highest BCUT2D eigenvalue weighted by Gasteiger charge is 2.22. The molecule has 2 aromatic rings. The Morgan fingerprint density at radius 1 is 1.19 bits per heavy atom. The summed E-state index contributed by atoms with van der Waals surface area (Å²) >= 11 is 6.23. The molecule has 0 fully saturated rings. The normalized spacial score (nSPS) is 18.9. The first-order chi connectivity index (χ1) is 13.0. The molecule has 5 nitrogen and oxygen atoms in total. The lowest BCUT2D eigenvalue weighted by molar-refractivity contribution is -0.139. The van der Waals surface area contributed by atoms with Crippen molar-refractivity contribution in [3.05, 3.63) is 76.3 Å². The molecule has 27 heavy (non-hydrogen) atoms. The van der Waals surface area contributed by atoms with Gasteiger partial charge in [-0.25, -0.2) is 4.79 Å². The lowest BCUT2D eigenvalue weighted by Crippen LogP contribution is -2.42. The lowest BCUT2D eigenvalue weighted by Gasteiger charge is -2.17. The Morgan fingerprint density at radius 2 is 2.00 bits per heavy atom. The minimum Gasteiger partial charge on any atom is -0.488 e. The molecule has 2 heterocycles. The van der Waals surface area contributed by atoms with Gasteiger partial charge in [-0.1, -0.05) is 48.0 Å². The van der Waals surface area contributed by atoms with Crippen LogP contribution in [-0.4, -0.2) is 29.6 Å². The van der Waals surface area contributed by atoms with E-state index in [4.69, 9.17) is 16.3 Å². The van der Waals surface area contributed by atoms with Crippen molar-refractivity contribution in [2.75, 3.05) is 6.61 Å². The number of halogens is 1. The van der Waals surface area contributed by atoms with Crippen molar-refractivity contribution >= 4 is 23.5 Å². The van der Waals surface area contributed by atoms with Gasteiger partial charge in [0.1, 0.15) is 18.4 Å². The molecular weight excluding hydrogens is 366 g/mol. The molecule has 2 aliphatic heterocycles. The van der Waals surface area contributed by atoms with Crippen molar-refractivity contribution in [2.45, 2.75) is 25.3 Å². The molecular formula is C21H20ClNO4. The van der Waals surface area contributed by atoms with Crippen LogP contribution >= 0.6 is 11.6 Å². The fraction of sp³-hybridized carbons (Fsp3) is 0.238. The molecule has 2 aromatic carbocycles. The summed E-state index contributed by atoms with van der Waals surface area (Å²) in [5, 5.41) is 12.6. The molecule has 1 atom stereocenters. The number of hydrogen-bond donors (Lipinski definition) is 2. The molecule has 2 bridgehead atoms. The summed E-state index contributed by atoms with van der Waals surface area (Å²) < 4.78 is 5.65. The van der Waals surface area contributed by atoms with E-state index < -0.39 is 12.0 Å². The van der Waals surface area contributed by atoms with Crippen molar-refractivity contribution in [3.8, 4) is 5.75 Å². The van der Waals surface area contributed by atoms with Crippen LogP contribution in [0.5, 0.6) is 5.75 Å². The Bertz CT molecular complexity index is 878. The summed E-state index contributed by atoms with van der Waals surface area (Å²) in [6, 6.07) is 11.3. The van der Waals surface area contributed by atoms with E-state index in [0.29, 0.717) is 34.9 Å². The van der Waals surface area contributed by atoms with Crippen molar-refractivity contribution in [3.63, 3.8) is 0 Å². The molecule has 0 saturated heterocycles. The number of carbonyl (C=O) groups excluding carboxylic acids is 1. The maximum Gasteiger partial charge on any atom is 0.326 e. The van der Waals surface area contributed by atoms with Crippen LogP contribution in [-0.2, 0) is 17.6 Å². The van der Waals surface area contributed by atoms with E-state index in [2.05, 4.69) is 5.32 Å². The highest BCUT2D eigenvalue weighted by atomic mass is 35.5. The third-order valence-electron chi connectivity index (χ3n) is 4.38. The third-order valence-corrected chi connectivity index (χ3v) is 4.68. The van der Waals surface area contributed by atoms with E-state index in [1.165, 1.54) is 0 Å². The first-order valence-corrected chi connectivity index (χ1v) is 9.10. The largest absolute Gasteiger partial charge is 0.488 e. The summed E-state index contributed by atoms with van der Waals surface area (Å²) in [5.41, 5.74) is 2.08. The highest BCUT2D eigenvalue weighted by Crippen LogP contribution is 2.26. The van der Waals surface area contributed by atoms with E-state index in [0.717, 1.165) is 12.0 Å². The van der Waals surface area contributed by atoms with Crippen LogP contribution in [0.1, 0.15) is 27.9 Å². The maximum atomic E-state index is 12.7. The fourth-order valence-electron chi connectivity index (χ4n) is 2.98. The molecule has 0 aliphatic carbocycles. The second-order valence-corrected chi connectivity index (χ2v) is 6.72. The summed E-state index contributed by atoms with van der Waals surface area (Å²) in [5.74, 6) is -0.945. The zero-order valence-electron chi connectivity index (χ0n) is 14.7. The third kappa shape index (κ3) is 4.89. The zero-order chi connectivity index (χ0) is 19.2. The molecule has 0 radical (unpaired) electrons. The van der Waals surface area contributed by atoms with Gasteiger partial charge in [0.2, 0.25) is 0 Å². The van der Waals surface area contributed by atoms with Gasteiger partial charge in [-0.15, -0.1) is 0 Å². The van der Waals surface area contributed by atoms with Gasteiger partial charge < -0.3 is 15.2 Å². The van der Waals surface area contributed by atoms with Crippen LogP contribution in [0.3, 0.4) is 0 Å². The van der Waals surface area contributed by atoms with Crippen molar-refractivity contribution in [2.24, 2.45) is 0 Å². The van der Waals surface area contributed by atoms with Gasteiger partial charge in [0.25, 0.3) is 5.91 Å². The van der Waals surface area contributed by atoms with Gasteiger partial charge in [-0.3, -0.25) is 4.79 Å². The number of fused-ring (bicyclic) bond motifs is 9. The number of allylic oxidation sites excluding steroid dienone is 1. The fourth-order valence-corrected chi connectivity index (χ4v) is 3.24. The van der Waals surface area contributed by atoms with E-state index in [9.17, 15) is 14.7 Å². The number of aliphatic carboxylic acids is 1.